The summed E-state index contributed by atoms with van der Waals surface area (Å²) in [6.45, 7) is 25.5. The summed E-state index contributed by atoms with van der Waals surface area (Å²) in [6.07, 6.45) is 2.26. The molecule has 1 aliphatic carbocycles. The predicted molar refractivity (Wildman–Crippen MR) is 280 cm³/mol. The molecule has 0 saturated carbocycles. The van der Waals surface area contributed by atoms with E-state index >= 15 is 0 Å². The van der Waals surface area contributed by atoms with Gasteiger partial charge < -0.3 is 13.6 Å². The van der Waals surface area contributed by atoms with E-state index in [-0.39, 0.29) is 28.5 Å². The summed E-state index contributed by atoms with van der Waals surface area (Å²) >= 11 is 0. The highest BCUT2D eigenvalue weighted by atomic mass is 16.4. The standard InChI is InChI=1S/C61H59BN2O2/c1-36-31-45-42-26-27-43-41-19-15-16-20-51(41)65-56(43)55(42)64(40-24-21-38(22-25-40)58(2,3)4)62-53(45)50(32-36)63(49-28-23-39(59(5,6)7)33-44(49)37-17-13-12-14-18-37)57-54(62)46-34-47-48(35-52(46)66-57)61(10,11)30-29-60(47,8)9/h12-28,31-35H,29-30H2,1-11H3. The summed E-state index contributed by atoms with van der Waals surface area (Å²) in [4.78, 5) is 5.08. The third-order valence-corrected chi connectivity index (χ3v) is 15.5. The van der Waals surface area contributed by atoms with E-state index in [2.05, 4.69) is 219 Å². The van der Waals surface area contributed by atoms with Gasteiger partial charge in [-0.3, -0.25) is 4.90 Å². The number of furan rings is 2. The van der Waals surface area contributed by atoms with Gasteiger partial charge in [-0.05, 0) is 140 Å². The average Bonchev–Trinajstić information content (AvgIpc) is 3.86. The van der Waals surface area contributed by atoms with Gasteiger partial charge >= 0.3 is 6.85 Å². The zero-order chi connectivity index (χ0) is 45.8. The van der Waals surface area contributed by atoms with Crippen molar-refractivity contribution in [1.29, 1.82) is 0 Å². The second-order valence-corrected chi connectivity index (χ2v) is 22.9. The minimum absolute atomic E-state index is 0.000421. The summed E-state index contributed by atoms with van der Waals surface area (Å²) in [5.41, 5.74) is 21.0. The highest BCUT2D eigenvalue weighted by Gasteiger charge is 2.50. The second kappa shape index (κ2) is 13.8. The van der Waals surface area contributed by atoms with E-state index in [1.54, 1.807) is 0 Å². The molecular formula is C61H59BN2O2. The highest BCUT2D eigenvalue weighted by Crippen LogP contribution is 2.54. The molecule has 2 aliphatic heterocycles. The van der Waals surface area contributed by atoms with Gasteiger partial charge in [-0.25, -0.2) is 0 Å². The van der Waals surface area contributed by atoms with Crippen molar-refractivity contribution < 1.29 is 8.83 Å². The summed E-state index contributed by atoms with van der Waals surface area (Å²) in [7, 11) is 0. The molecular weight excluding hydrogens is 803 g/mol. The van der Waals surface area contributed by atoms with E-state index in [9.17, 15) is 0 Å². The maximum atomic E-state index is 7.61. The van der Waals surface area contributed by atoms with Gasteiger partial charge in [-0.15, -0.1) is 0 Å². The van der Waals surface area contributed by atoms with Crippen LogP contribution in [0.25, 0.3) is 55.2 Å². The van der Waals surface area contributed by atoms with E-state index in [4.69, 9.17) is 8.83 Å². The monoisotopic (exact) mass is 862 g/mol. The van der Waals surface area contributed by atoms with Crippen molar-refractivity contribution in [2.45, 2.75) is 111 Å². The van der Waals surface area contributed by atoms with E-state index in [0.717, 1.165) is 69.0 Å². The lowest BCUT2D eigenvalue weighted by Crippen LogP contribution is -2.61. The Hall–Kier alpha value is -6.46. The van der Waals surface area contributed by atoms with Crippen molar-refractivity contribution in [3.05, 3.63) is 161 Å². The van der Waals surface area contributed by atoms with Crippen LogP contribution in [0.1, 0.15) is 110 Å². The van der Waals surface area contributed by atoms with Gasteiger partial charge in [0.15, 0.2) is 5.58 Å². The maximum absolute atomic E-state index is 7.61. The van der Waals surface area contributed by atoms with Crippen LogP contribution in [-0.2, 0) is 21.7 Å². The smallest absolute Gasteiger partial charge is 0.337 e. The Labute approximate surface area is 390 Å². The van der Waals surface area contributed by atoms with E-state index in [1.807, 2.05) is 0 Å². The minimum Gasteiger partial charge on any atom is -0.454 e. The molecule has 0 fully saturated rings. The Morgan fingerprint density at radius 1 is 0.530 bits per heavy atom. The molecule has 3 aliphatic rings. The quantitative estimate of drug-likeness (QED) is 0.166. The molecule has 12 rings (SSSR count). The zero-order valence-electron chi connectivity index (χ0n) is 40.4. The van der Waals surface area contributed by atoms with Crippen LogP contribution in [0.5, 0.6) is 0 Å². The number of rotatable bonds is 3. The summed E-state index contributed by atoms with van der Waals surface area (Å²) in [5.74, 6) is 0.870. The lowest BCUT2D eigenvalue weighted by atomic mass is 9.43. The van der Waals surface area contributed by atoms with Crippen molar-refractivity contribution in [3.63, 3.8) is 0 Å². The van der Waals surface area contributed by atoms with Crippen LogP contribution in [0.3, 0.4) is 0 Å². The Morgan fingerprint density at radius 3 is 1.91 bits per heavy atom. The molecule has 328 valence electrons. The van der Waals surface area contributed by atoms with Gasteiger partial charge in [0.2, 0.25) is 5.88 Å². The predicted octanol–water partition coefficient (Wildman–Crippen LogP) is 16.0. The van der Waals surface area contributed by atoms with Crippen LogP contribution in [0.2, 0.25) is 0 Å². The van der Waals surface area contributed by atoms with Crippen LogP contribution < -0.4 is 20.6 Å². The normalized spacial score (nSPS) is 16.1. The molecule has 7 aromatic carbocycles. The number of aryl methyl sites for hydroxylation is 1. The molecule has 0 saturated heterocycles. The Bertz CT molecular complexity index is 3460. The van der Waals surface area contributed by atoms with Crippen LogP contribution in [-0.4, -0.2) is 6.85 Å². The average molecular weight is 863 g/mol. The van der Waals surface area contributed by atoms with Crippen LogP contribution in [0.15, 0.2) is 142 Å². The first-order chi connectivity index (χ1) is 31.4. The van der Waals surface area contributed by atoms with Crippen LogP contribution in [0, 0.1) is 6.92 Å². The minimum atomic E-state index is -0.248. The highest BCUT2D eigenvalue weighted by molar-refractivity contribution is 6.95. The molecule has 2 aromatic heterocycles. The lowest BCUT2D eigenvalue weighted by molar-refractivity contribution is 0.332. The van der Waals surface area contributed by atoms with Crippen molar-refractivity contribution >= 4 is 79.3 Å². The SMILES string of the molecule is Cc1cc2c3c(c1)N(c1ccc(C(C)(C)C)cc1-c1ccccc1)c1oc4cc5c(cc4c1B3N(c1ccc(C(C)(C)C)cc1)c1c-2ccc2c1oc1ccccc12)C(C)(C)CCC5(C)C. The van der Waals surface area contributed by atoms with Crippen molar-refractivity contribution in [2.24, 2.45) is 0 Å². The Kier molecular flexibility index (Phi) is 8.57. The summed E-state index contributed by atoms with van der Waals surface area (Å²) < 4.78 is 14.7. The van der Waals surface area contributed by atoms with Crippen molar-refractivity contribution in [2.75, 3.05) is 9.71 Å². The van der Waals surface area contributed by atoms with E-state index < -0.39 is 0 Å². The first-order valence-corrected chi connectivity index (χ1v) is 24.0. The topological polar surface area (TPSA) is 32.8 Å². The van der Waals surface area contributed by atoms with Gasteiger partial charge in [0, 0.05) is 44.1 Å². The van der Waals surface area contributed by atoms with Crippen LogP contribution in [0.4, 0.5) is 28.6 Å². The first kappa shape index (κ1) is 41.0. The molecule has 4 heterocycles. The molecule has 0 unspecified atom stereocenters. The number of benzene rings is 7. The summed E-state index contributed by atoms with van der Waals surface area (Å²) in [6, 6.07) is 50.2. The van der Waals surface area contributed by atoms with Gasteiger partial charge in [0.05, 0.1) is 11.4 Å². The fourth-order valence-corrected chi connectivity index (χ4v) is 11.6. The molecule has 66 heavy (non-hydrogen) atoms. The van der Waals surface area contributed by atoms with Crippen LogP contribution >= 0.6 is 0 Å². The molecule has 0 radical (unpaired) electrons. The fraction of sp³-hybridized carbons (Fsp3) is 0.279. The maximum Gasteiger partial charge on any atom is 0.337 e. The third kappa shape index (κ3) is 5.97. The number of fused-ring (bicyclic) bond motifs is 11. The number of para-hydroxylation sites is 1. The Balaban J connectivity index is 1.25. The number of nitrogens with zero attached hydrogens (tertiary/aromatic N) is 2. The molecule has 0 N–H and O–H groups in total. The first-order valence-electron chi connectivity index (χ1n) is 24.0. The molecule has 4 nitrogen and oxygen atoms in total. The molecule has 0 bridgehead atoms. The molecule has 0 spiro atoms. The number of hydrogen-bond donors (Lipinski definition) is 0. The zero-order valence-corrected chi connectivity index (χ0v) is 40.4. The molecule has 5 heteroatoms. The lowest BCUT2D eigenvalue weighted by Gasteiger charge is -2.44. The second-order valence-electron chi connectivity index (χ2n) is 22.9. The molecule has 0 atom stereocenters. The number of hydrogen-bond acceptors (Lipinski definition) is 4. The Morgan fingerprint density at radius 2 is 1.20 bits per heavy atom. The largest absolute Gasteiger partial charge is 0.454 e. The van der Waals surface area contributed by atoms with Crippen molar-refractivity contribution in [1.82, 2.24) is 0 Å². The van der Waals surface area contributed by atoms with E-state index in [0.29, 0.717) is 0 Å². The van der Waals surface area contributed by atoms with Gasteiger partial charge in [0.25, 0.3) is 0 Å². The van der Waals surface area contributed by atoms with Gasteiger partial charge in [-0.2, -0.15) is 0 Å². The third-order valence-electron chi connectivity index (χ3n) is 15.5. The van der Waals surface area contributed by atoms with E-state index in [1.165, 1.54) is 66.4 Å². The molecule has 0 amide bonds. The van der Waals surface area contributed by atoms with Gasteiger partial charge in [0.1, 0.15) is 11.2 Å². The van der Waals surface area contributed by atoms with Gasteiger partial charge in [-0.1, -0.05) is 148 Å². The summed E-state index contributed by atoms with van der Waals surface area (Å²) in [5, 5.41) is 3.42. The molecule has 9 aromatic rings. The fourth-order valence-electron chi connectivity index (χ4n) is 11.6. The van der Waals surface area contributed by atoms with Crippen molar-refractivity contribution in [3.8, 4) is 22.3 Å². The number of anilines is 5.